The Hall–Kier alpha value is -1.52. The van der Waals surface area contributed by atoms with Crippen molar-refractivity contribution in [3.63, 3.8) is 0 Å². The van der Waals surface area contributed by atoms with Crippen LogP contribution in [0.2, 0.25) is 0 Å². The van der Waals surface area contributed by atoms with Gasteiger partial charge in [0, 0.05) is 0 Å². The van der Waals surface area contributed by atoms with Crippen LogP contribution in [0.3, 0.4) is 0 Å². The summed E-state index contributed by atoms with van der Waals surface area (Å²) in [4.78, 5) is 10.6. The molecule has 0 bridgehead atoms. The molecular weight excluding hydrogens is 209 g/mol. The van der Waals surface area contributed by atoms with Gasteiger partial charge >= 0.3 is 6.36 Å². The molecule has 1 aromatic rings. The van der Waals surface area contributed by atoms with E-state index in [0.717, 1.165) is 6.07 Å². The fourth-order valence-electron chi connectivity index (χ4n) is 1.25. The van der Waals surface area contributed by atoms with Gasteiger partial charge in [-0.05, 0) is 18.1 Å². The van der Waals surface area contributed by atoms with Crippen molar-refractivity contribution in [3.8, 4) is 5.75 Å². The van der Waals surface area contributed by atoms with Gasteiger partial charge in [-0.25, -0.2) is 0 Å². The predicted molar refractivity (Wildman–Crippen MR) is 47.9 cm³/mol. The van der Waals surface area contributed by atoms with Crippen molar-refractivity contribution in [3.05, 3.63) is 29.3 Å². The van der Waals surface area contributed by atoms with Crippen molar-refractivity contribution in [1.82, 2.24) is 0 Å². The summed E-state index contributed by atoms with van der Waals surface area (Å²) in [6.07, 6.45) is -3.92. The van der Waals surface area contributed by atoms with Gasteiger partial charge in [0.15, 0.2) is 6.29 Å². The summed E-state index contributed by atoms with van der Waals surface area (Å²) >= 11 is 0. The molecule has 0 atom stereocenters. The molecule has 0 saturated heterocycles. The minimum Gasteiger partial charge on any atom is -0.405 e. The zero-order chi connectivity index (χ0) is 11.5. The first-order chi connectivity index (χ1) is 6.98. The van der Waals surface area contributed by atoms with Crippen LogP contribution in [0.4, 0.5) is 13.2 Å². The second-order valence-electron chi connectivity index (χ2n) is 2.85. The van der Waals surface area contributed by atoms with Gasteiger partial charge in [-0.1, -0.05) is 19.1 Å². The van der Waals surface area contributed by atoms with Crippen LogP contribution < -0.4 is 4.74 Å². The maximum Gasteiger partial charge on any atom is 0.573 e. The van der Waals surface area contributed by atoms with Crippen LogP contribution in [-0.2, 0) is 6.42 Å². The molecule has 1 rings (SSSR count). The minimum absolute atomic E-state index is 0.0441. The molecule has 0 fully saturated rings. The van der Waals surface area contributed by atoms with Gasteiger partial charge in [0.2, 0.25) is 0 Å². The Morgan fingerprint density at radius 1 is 1.40 bits per heavy atom. The van der Waals surface area contributed by atoms with Gasteiger partial charge in [0.25, 0.3) is 0 Å². The highest BCUT2D eigenvalue weighted by molar-refractivity contribution is 5.81. The smallest absolute Gasteiger partial charge is 0.405 e. The Kier molecular flexibility index (Phi) is 3.34. The highest BCUT2D eigenvalue weighted by atomic mass is 19.4. The lowest BCUT2D eigenvalue weighted by Gasteiger charge is -2.12. The topological polar surface area (TPSA) is 26.3 Å². The lowest BCUT2D eigenvalue weighted by molar-refractivity contribution is -0.274. The number of aldehydes is 1. The van der Waals surface area contributed by atoms with Crippen LogP contribution in [0.5, 0.6) is 5.75 Å². The lowest BCUT2D eigenvalue weighted by Crippen LogP contribution is -2.18. The number of hydrogen-bond donors (Lipinski definition) is 0. The molecular formula is C10H9F3O2. The molecule has 0 aliphatic carbocycles. The molecule has 15 heavy (non-hydrogen) atoms. The van der Waals surface area contributed by atoms with E-state index in [4.69, 9.17) is 0 Å². The Morgan fingerprint density at radius 2 is 2.07 bits per heavy atom. The Labute approximate surface area is 84.7 Å². The molecule has 82 valence electrons. The number of carbonyl (C=O) groups excluding carboxylic acids is 1. The summed E-state index contributed by atoms with van der Waals surface area (Å²) < 4.78 is 39.6. The highest BCUT2D eigenvalue weighted by Gasteiger charge is 2.32. The van der Waals surface area contributed by atoms with E-state index < -0.39 is 12.1 Å². The van der Waals surface area contributed by atoms with Crippen LogP contribution in [0.1, 0.15) is 22.8 Å². The van der Waals surface area contributed by atoms with E-state index in [-0.39, 0.29) is 5.56 Å². The van der Waals surface area contributed by atoms with Gasteiger partial charge in [0.1, 0.15) is 5.75 Å². The first-order valence-electron chi connectivity index (χ1n) is 4.30. The first kappa shape index (κ1) is 11.6. The number of aryl methyl sites for hydroxylation is 1. The third kappa shape index (κ3) is 2.97. The molecule has 0 radical (unpaired) electrons. The molecule has 2 nitrogen and oxygen atoms in total. The SMILES string of the molecule is CCc1cccc(OC(F)(F)F)c1C=O. The fraction of sp³-hybridized carbons (Fsp3) is 0.300. The van der Waals surface area contributed by atoms with Crippen molar-refractivity contribution in [2.24, 2.45) is 0 Å². The van der Waals surface area contributed by atoms with Gasteiger partial charge in [-0.3, -0.25) is 4.79 Å². The molecule has 0 unspecified atom stereocenters. The standard InChI is InChI=1S/C10H9F3O2/c1-2-7-4-3-5-9(8(7)6-14)15-10(11,12)13/h3-6H,2H2,1H3. The molecule has 0 aliphatic heterocycles. The van der Waals surface area contributed by atoms with Crippen molar-refractivity contribution in [2.75, 3.05) is 0 Å². The fourth-order valence-corrected chi connectivity index (χ4v) is 1.25. The van der Waals surface area contributed by atoms with Gasteiger partial charge in [-0.15, -0.1) is 13.2 Å². The normalized spacial score (nSPS) is 11.2. The maximum atomic E-state index is 12.0. The van der Waals surface area contributed by atoms with Gasteiger partial charge in [0.05, 0.1) is 5.56 Å². The second-order valence-corrected chi connectivity index (χ2v) is 2.85. The summed E-state index contributed by atoms with van der Waals surface area (Å²) in [7, 11) is 0. The third-order valence-electron chi connectivity index (χ3n) is 1.88. The Balaban J connectivity index is 3.12. The Bertz CT molecular complexity index is 358. The van der Waals surface area contributed by atoms with E-state index in [1.807, 2.05) is 0 Å². The molecule has 1 aromatic carbocycles. The first-order valence-corrected chi connectivity index (χ1v) is 4.30. The Morgan fingerprint density at radius 3 is 2.53 bits per heavy atom. The summed E-state index contributed by atoms with van der Waals surface area (Å²) in [5.74, 6) is -0.447. The summed E-state index contributed by atoms with van der Waals surface area (Å²) in [5.41, 5.74) is 0.490. The average Bonchev–Trinajstić information content (AvgIpc) is 2.15. The summed E-state index contributed by atoms with van der Waals surface area (Å²) in [5, 5.41) is 0. The predicted octanol–water partition coefficient (Wildman–Crippen LogP) is 2.96. The van der Waals surface area contributed by atoms with E-state index in [2.05, 4.69) is 4.74 Å². The van der Waals surface area contributed by atoms with Crippen LogP contribution in [-0.4, -0.2) is 12.6 Å². The number of ether oxygens (including phenoxy) is 1. The summed E-state index contributed by atoms with van der Waals surface area (Å²) in [6, 6.07) is 4.14. The van der Waals surface area contributed by atoms with Crippen molar-refractivity contribution >= 4 is 6.29 Å². The van der Waals surface area contributed by atoms with E-state index in [0.29, 0.717) is 18.3 Å². The molecule has 0 N–H and O–H groups in total. The molecule has 0 aliphatic rings. The monoisotopic (exact) mass is 218 g/mol. The van der Waals surface area contributed by atoms with Crippen molar-refractivity contribution < 1.29 is 22.7 Å². The maximum absolute atomic E-state index is 12.0. The van der Waals surface area contributed by atoms with Crippen molar-refractivity contribution in [2.45, 2.75) is 19.7 Å². The third-order valence-corrected chi connectivity index (χ3v) is 1.88. The molecule has 0 amide bonds. The van der Waals surface area contributed by atoms with Gasteiger partial charge in [-0.2, -0.15) is 0 Å². The molecule has 0 heterocycles. The molecule has 0 spiro atoms. The van der Waals surface area contributed by atoms with E-state index in [1.54, 1.807) is 13.0 Å². The van der Waals surface area contributed by atoms with Crippen LogP contribution in [0, 0.1) is 0 Å². The zero-order valence-electron chi connectivity index (χ0n) is 7.97. The van der Waals surface area contributed by atoms with Crippen LogP contribution >= 0.6 is 0 Å². The van der Waals surface area contributed by atoms with Gasteiger partial charge < -0.3 is 4.74 Å². The number of halogens is 3. The van der Waals surface area contributed by atoms with E-state index >= 15 is 0 Å². The van der Waals surface area contributed by atoms with E-state index in [9.17, 15) is 18.0 Å². The minimum atomic E-state index is -4.77. The molecule has 0 saturated carbocycles. The number of hydrogen-bond acceptors (Lipinski definition) is 2. The lowest BCUT2D eigenvalue weighted by atomic mass is 10.1. The second kappa shape index (κ2) is 4.33. The molecule has 0 aromatic heterocycles. The summed E-state index contributed by atoms with van der Waals surface area (Å²) in [6.45, 7) is 1.75. The molecule has 5 heteroatoms. The van der Waals surface area contributed by atoms with Crippen LogP contribution in [0.25, 0.3) is 0 Å². The zero-order valence-corrected chi connectivity index (χ0v) is 7.97. The number of alkyl halides is 3. The quantitative estimate of drug-likeness (QED) is 0.729. The van der Waals surface area contributed by atoms with Crippen LogP contribution in [0.15, 0.2) is 18.2 Å². The highest BCUT2D eigenvalue weighted by Crippen LogP contribution is 2.27. The number of carbonyl (C=O) groups is 1. The van der Waals surface area contributed by atoms with E-state index in [1.165, 1.54) is 6.07 Å². The number of benzene rings is 1. The van der Waals surface area contributed by atoms with Crippen molar-refractivity contribution in [1.29, 1.82) is 0 Å². The average molecular weight is 218 g/mol. The number of rotatable bonds is 3. The largest absolute Gasteiger partial charge is 0.573 e.